The zero-order valence-electron chi connectivity index (χ0n) is 10.8. The Bertz CT molecular complexity index is 587. The Hall–Kier alpha value is -2.31. The molecular weight excluding hydrogens is 238 g/mol. The lowest BCUT2D eigenvalue weighted by Gasteiger charge is -2.09. The van der Waals surface area contributed by atoms with Crippen molar-refractivity contribution >= 4 is 0 Å². The van der Waals surface area contributed by atoms with E-state index in [0.717, 1.165) is 16.9 Å². The fourth-order valence-corrected chi connectivity index (χ4v) is 1.81. The number of ether oxygens (including phenoxy) is 2. The van der Waals surface area contributed by atoms with Gasteiger partial charge in [0.15, 0.2) is 0 Å². The van der Waals surface area contributed by atoms with Gasteiger partial charge in [-0.15, -0.1) is 0 Å². The molecule has 0 fully saturated rings. The lowest BCUT2D eigenvalue weighted by Crippen LogP contribution is -1.98. The number of rotatable bonds is 5. The van der Waals surface area contributed by atoms with E-state index < -0.39 is 0 Å². The summed E-state index contributed by atoms with van der Waals surface area (Å²) < 4.78 is 10.8. The van der Waals surface area contributed by atoms with Crippen LogP contribution in [-0.2, 0) is 18.0 Å². The van der Waals surface area contributed by atoms with Crippen molar-refractivity contribution in [2.75, 3.05) is 7.11 Å². The van der Waals surface area contributed by atoms with Crippen molar-refractivity contribution in [2.45, 2.75) is 13.2 Å². The third kappa shape index (κ3) is 3.57. The molecule has 0 atom stereocenters. The van der Waals surface area contributed by atoms with Gasteiger partial charge in [-0.2, -0.15) is 5.26 Å². The Labute approximate surface area is 113 Å². The average Bonchev–Trinajstić information content (AvgIpc) is 2.46. The first-order chi connectivity index (χ1) is 9.33. The van der Waals surface area contributed by atoms with E-state index in [1.807, 2.05) is 42.5 Å². The molecular formula is C16H15NO2. The van der Waals surface area contributed by atoms with Gasteiger partial charge in [0.25, 0.3) is 0 Å². The second kappa shape index (κ2) is 6.58. The summed E-state index contributed by atoms with van der Waals surface area (Å²) >= 11 is 0. The third-order valence-corrected chi connectivity index (χ3v) is 2.74. The molecule has 2 rings (SSSR count). The average molecular weight is 253 g/mol. The van der Waals surface area contributed by atoms with Crippen molar-refractivity contribution in [2.24, 2.45) is 0 Å². The van der Waals surface area contributed by atoms with Gasteiger partial charge in [-0.3, -0.25) is 0 Å². The molecule has 0 spiro atoms. The monoisotopic (exact) mass is 253 g/mol. The minimum absolute atomic E-state index is 0.389. The summed E-state index contributed by atoms with van der Waals surface area (Å²) in [6.45, 7) is 0.951. The van der Waals surface area contributed by atoms with Crippen LogP contribution in [0.2, 0.25) is 0 Å². The summed E-state index contributed by atoms with van der Waals surface area (Å²) in [4.78, 5) is 0. The van der Waals surface area contributed by atoms with Crippen molar-refractivity contribution in [3.63, 3.8) is 0 Å². The first-order valence-electron chi connectivity index (χ1n) is 6.02. The maximum atomic E-state index is 9.01. The lowest BCUT2D eigenvalue weighted by atomic mass is 10.1. The van der Waals surface area contributed by atoms with E-state index in [1.54, 1.807) is 13.2 Å². The summed E-state index contributed by atoms with van der Waals surface area (Å²) in [5.41, 5.74) is 2.60. The van der Waals surface area contributed by atoms with Crippen LogP contribution < -0.4 is 4.74 Å². The summed E-state index contributed by atoms with van der Waals surface area (Å²) in [6, 6.07) is 17.4. The molecule has 3 heteroatoms. The highest BCUT2D eigenvalue weighted by Crippen LogP contribution is 2.17. The molecule has 0 radical (unpaired) electrons. The molecule has 0 unspecified atom stereocenters. The van der Waals surface area contributed by atoms with Gasteiger partial charge in [0, 0.05) is 12.7 Å². The molecule has 0 aliphatic rings. The summed E-state index contributed by atoms with van der Waals surface area (Å²) in [7, 11) is 1.66. The van der Waals surface area contributed by atoms with Crippen LogP contribution >= 0.6 is 0 Å². The second-order valence-corrected chi connectivity index (χ2v) is 4.14. The van der Waals surface area contributed by atoms with Crippen LogP contribution in [0, 0.1) is 11.3 Å². The molecule has 3 nitrogen and oxygen atoms in total. The van der Waals surface area contributed by atoms with Crippen LogP contribution in [0.1, 0.15) is 16.7 Å². The molecule has 2 aromatic rings. The van der Waals surface area contributed by atoms with Crippen molar-refractivity contribution in [1.29, 1.82) is 5.26 Å². The summed E-state index contributed by atoms with van der Waals surface area (Å²) in [5.74, 6) is 0.780. The largest absolute Gasteiger partial charge is 0.489 e. The molecule has 2 aromatic carbocycles. The van der Waals surface area contributed by atoms with E-state index in [9.17, 15) is 0 Å². The van der Waals surface area contributed by atoms with Crippen molar-refractivity contribution in [1.82, 2.24) is 0 Å². The summed E-state index contributed by atoms with van der Waals surface area (Å²) in [5, 5.41) is 9.01. The van der Waals surface area contributed by atoms with Crippen LogP contribution in [-0.4, -0.2) is 7.11 Å². The normalized spacial score (nSPS) is 9.89. The zero-order chi connectivity index (χ0) is 13.5. The van der Waals surface area contributed by atoms with E-state index >= 15 is 0 Å². The maximum absolute atomic E-state index is 9.01. The predicted octanol–water partition coefficient (Wildman–Crippen LogP) is 3.28. The Morgan fingerprint density at radius 1 is 1.05 bits per heavy atom. The molecule has 0 N–H and O–H groups in total. The number of hydrogen-bond donors (Lipinski definition) is 0. The van der Waals surface area contributed by atoms with Crippen LogP contribution in [0.5, 0.6) is 5.75 Å². The van der Waals surface area contributed by atoms with Crippen LogP contribution in [0.3, 0.4) is 0 Å². The van der Waals surface area contributed by atoms with Crippen molar-refractivity contribution < 1.29 is 9.47 Å². The SMILES string of the molecule is COCc1cccc(OCc2ccccc2C#N)c1. The van der Waals surface area contributed by atoms with E-state index in [1.165, 1.54) is 0 Å². The Morgan fingerprint density at radius 3 is 2.68 bits per heavy atom. The minimum atomic E-state index is 0.389. The van der Waals surface area contributed by atoms with Gasteiger partial charge < -0.3 is 9.47 Å². The fraction of sp³-hybridized carbons (Fsp3) is 0.188. The summed E-state index contributed by atoms with van der Waals surface area (Å²) in [6.07, 6.45) is 0. The Kier molecular flexibility index (Phi) is 4.54. The second-order valence-electron chi connectivity index (χ2n) is 4.14. The molecule has 0 saturated heterocycles. The molecule has 19 heavy (non-hydrogen) atoms. The molecule has 0 amide bonds. The van der Waals surface area contributed by atoms with Crippen LogP contribution in [0.15, 0.2) is 48.5 Å². The van der Waals surface area contributed by atoms with E-state index in [-0.39, 0.29) is 0 Å². The molecule has 0 heterocycles. The number of nitrogens with zero attached hydrogens (tertiary/aromatic N) is 1. The van der Waals surface area contributed by atoms with Crippen LogP contribution in [0.25, 0.3) is 0 Å². The predicted molar refractivity (Wildman–Crippen MR) is 72.6 cm³/mol. The molecule has 0 saturated carbocycles. The van der Waals surface area contributed by atoms with E-state index in [0.29, 0.717) is 18.8 Å². The van der Waals surface area contributed by atoms with Gasteiger partial charge in [0.05, 0.1) is 18.2 Å². The molecule has 0 aromatic heterocycles. The van der Waals surface area contributed by atoms with Gasteiger partial charge in [-0.05, 0) is 23.8 Å². The first kappa shape index (κ1) is 13.1. The zero-order valence-corrected chi connectivity index (χ0v) is 10.8. The first-order valence-corrected chi connectivity index (χ1v) is 6.02. The van der Waals surface area contributed by atoms with Crippen molar-refractivity contribution in [3.05, 3.63) is 65.2 Å². The highest BCUT2D eigenvalue weighted by atomic mass is 16.5. The highest BCUT2D eigenvalue weighted by molar-refractivity contribution is 5.37. The topological polar surface area (TPSA) is 42.2 Å². The number of hydrogen-bond acceptors (Lipinski definition) is 3. The van der Waals surface area contributed by atoms with Crippen LogP contribution in [0.4, 0.5) is 0 Å². The standard InChI is InChI=1S/C16H15NO2/c1-18-11-13-5-4-8-16(9-13)19-12-15-7-3-2-6-14(15)10-17/h2-9H,11-12H2,1H3. The van der Waals surface area contributed by atoms with E-state index in [2.05, 4.69) is 6.07 Å². The van der Waals surface area contributed by atoms with Gasteiger partial charge >= 0.3 is 0 Å². The quantitative estimate of drug-likeness (QED) is 0.821. The maximum Gasteiger partial charge on any atom is 0.120 e. The van der Waals surface area contributed by atoms with Gasteiger partial charge in [0.1, 0.15) is 12.4 Å². The lowest BCUT2D eigenvalue weighted by molar-refractivity contribution is 0.184. The highest BCUT2D eigenvalue weighted by Gasteiger charge is 2.02. The molecule has 0 bridgehead atoms. The third-order valence-electron chi connectivity index (χ3n) is 2.74. The molecule has 0 aliphatic heterocycles. The number of benzene rings is 2. The number of methoxy groups -OCH3 is 1. The number of nitriles is 1. The van der Waals surface area contributed by atoms with Crippen molar-refractivity contribution in [3.8, 4) is 11.8 Å². The Morgan fingerprint density at radius 2 is 1.89 bits per heavy atom. The smallest absolute Gasteiger partial charge is 0.120 e. The molecule has 96 valence electrons. The van der Waals surface area contributed by atoms with Gasteiger partial charge in [0.2, 0.25) is 0 Å². The van der Waals surface area contributed by atoms with Gasteiger partial charge in [-0.1, -0.05) is 30.3 Å². The van der Waals surface area contributed by atoms with Gasteiger partial charge in [-0.25, -0.2) is 0 Å². The van der Waals surface area contributed by atoms with E-state index in [4.69, 9.17) is 14.7 Å². The minimum Gasteiger partial charge on any atom is -0.489 e. The fourth-order valence-electron chi connectivity index (χ4n) is 1.81. The Balaban J connectivity index is 2.06. The molecule has 0 aliphatic carbocycles.